The quantitative estimate of drug-likeness (QED) is 0.309. The summed E-state index contributed by atoms with van der Waals surface area (Å²) in [6, 6.07) is 0. The Kier molecular flexibility index (Phi) is 12.1. The first-order valence-corrected chi connectivity index (χ1v) is 7.35. The van der Waals surface area contributed by atoms with Gasteiger partial charge in [0.15, 0.2) is 0 Å². The molecule has 3 nitrogen and oxygen atoms in total. The third-order valence-corrected chi connectivity index (χ3v) is 2.76. The molecular formula is C17H28O3. The van der Waals surface area contributed by atoms with Gasteiger partial charge in [-0.1, -0.05) is 75.1 Å². The number of aliphatic hydroxyl groups is 3. The van der Waals surface area contributed by atoms with Crippen LogP contribution < -0.4 is 0 Å². The molecule has 20 heavy (non-hydrogen) atoms. The second-order valence-corrected chi connectivity index (χ2v) is 4.80. The van der Waals surface area contributed by atoms with Crippen LogP contribution in [0.15, 0.2) is 48.6 Å². The highest BCUT2D eigenvalue weighted by molar-refractivity contribution is 5.16. The van der Waals surface area contributed by atoms with E-state index in [-0.39, 0.29) is 0 Å². The van der Waals surface area contributed by atoms with Crippen molar-refractivity contribution < 1.29 is 15.3 Å². The summed E-state index contributed by atoms with van der Waals surface area (Å²) in [5.74, 6) is -2.13. The van der Waals surface area contributed by atoms with Gasteiger partial charge in [0.2, 0.25) is 5.79 Å². The summed E-state index contributed by atoms with van der Waals surface area (Å²) < 4.78 is 0. The molecule has 0 fully saturated rings. The van der Waals surface area contributed by atoms with Crippen LogP contribution in [0.5, 0.6) is 0 Å². The second-order valence-electron chi connectivity index (χ2n) is 4.80. The van der Waals surface area contributed by atoms with Gasteiger partial charge in [-0.05, 0) is 18.9 Å². The molecule has 0 aliphatic carbocycles. The van der Waals surface area contributed by atoms with Crippen LogP contribution in [-0.2, 0) is 0 Å². The van der Waals surface area contributed by atoms with Gasteiger partial charge in [-0.15, -0.1) is 0 Å². The van der Waals surface area contributed by atoms with E-state index in [2.05, 4.69) is 13.0 Å². The molecule has 0 spiro atoms. The molecule has 0 amide bonds. The third kappa shape index (κ3) is 13.3. The molecule has 0 heterocycles. The fourth-order valence-corrected chi connectivity index (χ4v) is 1.56. The molecule has 0 aliphatic rings. The number of hydrogen-bond donors (Lipinski definition) is 3. The van der Waals surface area contributed by atoms with Crippen molar-refractivity contribution in [3.63, 3.8) is 0 Å². The Bertz CT molecular complexity index is 325. The number of hydrogen-bond acceptors (Lipinski definition) is 3. The summed E-state index contributed by atoms with van der Waals surface area (Å²) in [6.45, 7) is 1.51. The summed E-state index contributed by atoms with van der Waals surface area (Å²) >= 11 is 0. The highest BCUT2D eigenvalue weighted by atomic mass is 16.5. The predicted octanol–water partition coefficient (Wildman–Crippen LogP) is 3.24. The molecule has 3 N–H and O–H groups in total. The predicted molar refractivity (Wildman–Crippen MR) is 84.2 cm³/mol. The molecule has 114 valence electrons. The summed E-state index contributed by atoms with van der Waals surface area (Å²) in [6.07, 6.45) is 21.7. The molecule has 0 rings (SSSR count). The van der Waals surface area contributed by atoms with Crippen LogP contribution in [0.3, 0.4) is 0 Å². The van der Waals surface area contributed by atoms with Gasteiger partial charge in [0.1, 0.15) is 6.61 Å². The minimum Gasteiger partial charge on any atom is -0.390 e. The van der Waals surface area contributed by atoms with E-state index in [1.54, 1.807) is 12.2 Å². The van der Waals surface area contributed by atoms with Crippen molar-refractivity contribution in [1.82, 2.24) is 0 Å². The van der Waals surface area contributed by atoms with Crippen LogP contribution in [0.2, 0.25) is 0 Å². The zero-order valence-corrected chi connectivity index (χ0v) is 12.4. The van der Waals surface area contributed by atoms with Gasteiger partial charge in [0.25, 0.3) is 0 Å². The van der Waals surface area contributed by atoms with Crippen LogP contribution in [0.25, 0.3) is 0 Å². The van der Waals surface area contributed by atoms with E-state index in [1.807, 2.05) is 18.2 Å². The fraction of sp³-hybridized carbons (Fsp3) is 0.529. The summed E-state index contributed by atoms with van der Waals surface area (Å²) in [4.78, 5) is 0. The van der Waals surface area contributed by atoms with Gasteiger partial charge in [0.05, 0.1) is 0 Å². The van der Waals surface area contributed by atoms with Crippen LogP contribution in [0, 0.1) is 0 Å². The van der Waals surface area contributed by atoms with Gasteiger partial charge in [0, 0.05) is 0 Å². The largest absolute Gasteiger partial charge is 0.390 e. The first kappa shape index (κ1) is 18.8. The maximum absolute atomic E-state index is 9.06. The molecule has 0 aromatic heterocycles. The Morgan fingerprint density at radius 1 is 0.800 bits per heavy atom. The van der Waals surface area contributed by atoms with E-state index in [1.165, 1.54) is 38.2 Å². The molecule has 0 unspecified atom stereocenters. The van der Waals surface area contributed by atoms with E-state index in [9.17, 15) is 0 Å². The lowest BCUT2D eigenvalue weighted by Crippen LogP contribution is -2.29. The Morgan fingerprint density at radius 3 is 2.05 bits per heavy atom. The summed E-state index contributed by atoms with van der Waals surface area (Å²) in [7, 11) is 0. The lowest BCUT2D eigenvalue weighted by molar-refractivity contribution is -0.146. The Balaban J connectivity index is 3.65. The van der Waals surface area contributed by atoms with Crippen LogP contribution in [-0.4, -0.2) is 27.7 Å². The van der Waals surface area contributed by atoms with E-state index in [4.69, 9.17) is 15.3 Å². The smallest absolute Gasteiger partial charge is 0.207 e. The average Bonchev–Trinajstić information content (AvgIpc) is 2.44. The molecule has 0 radical (unpaired) electrons. The topological polar surface area (TPSA) is 60.7 Å². The average molecular weight is 280 g/mol. The van der Waals surface area contributed by atoms with Crippen molar-refractivity contribution in [2.45, 2.75) is 51.2 Å². The van der Waals surface area contributed by atoms with Crippen LogP contribution in [0.1, 0.15) is 45.4 Å². The van der Waals surface area contributed by atoms with E-state index < -0.39 is 12.4 Å². The number of allylic oxidation sites excluding steroid dienone is 7. The van der Waals surface area contributed by atoms with Gasteiger partial charge in [-0.3, -0.25) is 0 Å². The van der Waals surface area contributed by atoms with Crippen molar-refractivity contribution in [3.8, 4) is 0 Å². The molecule has 0 aliphatic heterocycles. The third-order valence-electron chi connectivity index (χ3n) is 2.76. The van der Waals surface area contributed by atoms with Gasteiger partial charge >= 0.3 is 0 Å². The molecule has 0 saturated heterocycles. The molecule has 0 aromatic rings. The van der Waals surface area contributed by atoms with E-state index in [0.717, 1.165) is 12.5 Å². The Labute approximate surface area is 122 Å². The van der Waals surface area contributed by atoms with Gasteiger partial charge < -0.3 is 15.3 Å². The van der Waals surface area contributed by atoms with Crippen LogP contribution in [0.4, 0.5) is 0 Å². The minimum absolute atomic E-state index is 0.714. The standard InChI is InChI=1S/C17H28O3/c1-2-3-4-5-6-7-8-9-10-11-12-13-14-15-17(19,20)16-18/h8-15,18-20H,2-7,16H2,1H3. The van der Waals surface area contributed by atoms with Gasteiger partial charge in [-0.25, -0.2) is 0 Å². The van der Waals surface area contributed by atoms with Crippen molar-refractivity contribution >= 4 is 0 Å². The number of rotatable bonds is 11. The Morgan fingerprint density at radius 2 is 1.40 bits per heavy atom. The molecular weight excluding hydrogens is 252 g/mol. The maximum Gasteiger partial charge on any atom is 0.207 e. The maximum atomic E-state index is 9.06. The van der Waals surface area contributed by atoms with Crippen LogP contribution >= 0.6 is 0 Å². The fourth-order valence-electron chi connectivity index (χ4n) is 1.56. The highest BCUT2D eigenvalue weighted by Gasteiger charge is 2.15. The zero-order chi connectivity index (χ0) is 15.1. The molecule has 0 atom stereocenters. The SMILES string of the molecule is CCCCCCCC=CC=CC=CC=CC(O)(O)CO. The first-order valence-electron chi connectivity index (χ1n) is 7.35. The molecule has 0 bridgehead atoms. The normalized spacial score (nSPS) is 13.6. The van der Waals surface area contributed by atoms with Crippen molar-refractivity contribution in [1.29, 1.82) is 0 Å². The first-order chi connectivity index (χ1) is 9.62. The lowest BCUT2D eigenvalue weighted by Gasteiger charge is -2.11. The summed E-state index contributed by atoms with van der Waals surface area (Å²) in [5.41, 5.74) is 0. The zero-order valence-electron chi connectivity index (χ0n) is 12.4. The molecule has 0 aromatic carbocycles. The van der Waals surface area contributed by atoms with E-state index >= 15 is 0 Å². The monoisotopic (exact) mass is 280 g/mol. The number of aliphatic hydroxyl groups excluding tert-OH is 1. The highest BCUT2D eigenvalue weighted by Crippen LogP contribution is 2.05. The minimum atomic E-state index is -2.13. The second kappa shape index (κ2) is 12.9. The van der Waals surface area contributed by atoms with Crippen molar-refractivity contribution in [2.24, 2.45) is 0 Å². The number of unbranched alkanes of at least 4 members (excludes halogenated alkanes) is 5. The lowest BCUT2D eigenvalue weighted by atomic mass is 10.1. The Hall–Kier alpha value is -1.16. The molecule has 3 heteroatoms. The van der Waals surface area contributed by atoms with Crippen molar-refractivity contribution in [2.75, 3.05) is 6.61 Å². The van der Waals surface area contributed by atoms with Crippen molar-refractivity contribution in [3.05, 3.63) is 48.6 Å². The summed E-state index contributed by atoms with van der Waals surface area (Å²) in [5, 5.41) is 26.7. The van der Waals surface area contributed by atoms with E-state index in [0.29, 0.717) is 0 Å². The van der Waals surface area contributed by atoms with Gasteiger partial charge in [-0.2, -0.15) is 0 Å². The molecule has 0 saturated carbocycles.